The van der Waals surface area contributed by atoms with Gasteiger partial charge in [0.2, 0.25) is 0 Å². The van der Waals surface area contributed by atoms with E-state index in [4.69, 9.17) is 10.2 Å². The van der Waals surface area contributed by atoms with Crippen LogP contribution in [0.25, 0.3) is 0 Å². The van der Waals surface area contributed by atoms with Crippen LogP contribution in [0, 0.1) is 5.92 Å². The lowest BCUT2D eigenvalue weighted by molar-refractivity contribution is -0.149. The minimum absolute atomic E-state index is 0.0329. The summed E-state index contributed by atoms with van der Waals surface area (Å²) in [5.74, 6) is -4.04. The van der Waals surface area contributed by atoms with E-state index in [-0.39, 0.29) is 12.8 Å². The highest BCUT2D eigenvalue weighted by Crippen LogP contribution is 2.12. The molecule has 7 heteroatoms. The SMILES string of the molecule is O=C(O)CC(CCC(=O)OP)C(=O)O. The summed E-state index contributed by atoms with van der Waals surface area (Å²) in [7, 11) is 1.75. The Morgan fingerprint density at radius 3 is 2.21 bits per heavy atom. The summed E-state index contributed by atoms with van der Waals surface area (Å²) in [6.45, 7) is 0. The standard InChI is InChI=1S/C7H11O6P/c8-5(9)3-4(7(11)12)1-2-6(10)13-14/h4H,1-3,14H2,(H,8,9)(H,11,12). The number of hydrogen-bond acceptors (Lipinski definition) is 4. The van der Waals surface area contributed by atoms with Gasteiger partial charge in [0.05, 0.1) is 21.8 Å². The predicted octanol–water partition coefficient (Wildman–Crippen LogP) is 0.275. The third-order valence-electron chi connectivity index (χ3n) is 1.60. The molecule has 0 aromatic heterocycles. The van der Waals surface area contributed by atoms with Gasteiger partial charge in [-0.3, -0.25) is 14.4 Å². The molecule has 2 unspecified atom stereocenters. The molecular formula is C7H11O6P. The Labute approximate surface area is 82.5 Å². The van der Waals surface area contributed by atoms with Crippen LogP contribution >= 0.6 is 9.47 Å². The summed E-state index contributed by atoms with van der Waals surface area (Å²) in [6.07, 6.45) is -0.623. The molecule has 14 heavy (non-hydrogen) atoms. The molecule has 0 aliphatic rings. The van der Waals surface area contributed by atoms with Gasteiger partial charge in [-0.15, -0.1) is 0 Å². The van der Waals surface area contributed by atoms with E-state index < -0.39 is 30.2 Å². The van der Waals surface area contributed by atoms with Gasteiger partial charge in [0.1, 0.15) is 0 Å². The van der Waals surface area contributed by atoms with Crippen molar-refractivity contribution in [3.8, 4) is 0 Å². The fourth-order valence-corrected chi connectivity index (χ4v) is 0.992. The van der Waals surface area contributed by atoms with E-state index in [9.17, 15) is 14.4 Å². The Kier molecular flexibility index (Phi) is 5.79. The highest BCUT2D eigenvalue weighted by molar-refractivity contribution is 7.10. The first-order valence-electron chi connectivity index (χ1n) is 3.81. The van der Waals surface area contributed by atoms with Crippen molar-refractivity contribution < 1.29 is 29.1 Å². The molecule has 0 saturated carbocycles. The zero-order valence-electron chi connectivity index (χ0n) is 7.30. The molecule has 0 radical (unpaired) electrons. The summed E-state index contributed by atoms with van der Waals surface area (Å²) >= 11 is 0. The van der Waals surface area contributed by atoms with Crippen LogP contribution in [0.3, 0.4) is 0 Å². The normalized spacial score (nSPS) is 11.8. The van der Waals surface area contributed by atoms with E-state index in [2.05, 4.69) is 4.52 Å². The molecule has 80 valence electrons. The van der Waals surface area contributed by atoms with Gasteiger partial charge in [0, 0.05) is 6.42 Å². The minimum Gasteiger partial charge on any atom is -0.481 e. The van der Waals surface area contributed by atoms with Crippen LogP contribution in [-0.4, -0.2) is 28.1 Å². The first-order chi connectivity index (χ1) is 6.47. The smallest absolute Gasteiger partial charge is 0.307 e. The summed E-state index contributed by atoms with van der Waals surface area (Å²) in [5.41, 5.74) is 0. The second-order valence-corrected chi connectivity index (χ2v) is 2.90. The molecule has 2 atom stereocenters. The van der Waals surface area contributed by atoms with Crippen molar-refractivity contribution in [3.05, 3.63) is 0 Å². The number of hydrogen-bond donors (Lipinski definition) is 2. The Bertz CT molecular complexity index is 238. The van der Waals surface area contributed by atoms with Crippen molar-refractivity contribution in [2.45, 2.75) is 19.3 Å². The van der Waals surface area contributed by atoms with Crippen molar-refractivity contribution in [2.24, 2.45) is 5.92 Å². The molecule has 0 aliphatic heterocycles. The number of rotatable bonds is 6. The van der Waals surface area contributed by atoms with Crippen molar-refractivity contribution in [2.75, 3.05) is 0 Å². The highest BCUT2D eigenvalue weighted by atomic mass is 31.0. The van der Waals surface area contributed by atoms with Gasteiger partial charge in [-0.2, -0.15) is 0 Å². The van der Waals surface area contributed by atoms with Gasteiger partial charge in [0.25, 0.3) is 0 Å². The van der Waals surface area contributed by atoms with Crippen LogP contribution in [-0.2, 0) is 18.9 Å². The quantitative estimate of drug-likeness (QED) is 0.625. The Hall–Kier alpha value is -1.16. The summed E-state index contributed by atoms with van der Waals surface area (Å²) in [6, 6.07) is 0. The van der Waals surface area contributed by atoms with Crippen LogP contribution in [0.5, 0.6) is 0 Å². The predicted molar refractivity (Wildman–Crippen MR) is 48.4 cm³/mol. The fourth-order valence-electron chi connectivity index (χ4n) is 0.875. The zero-order chi connectivity index (χ0) is 11.1. The summed E-state index contributed by atoms with van der Waals surface area (Å²) in [5, 5.41) is 17.0. The average Bonchev–Trinajstić information content (AvgIpc) is 2.10. The molecule has 0 rings (SSSR count). The van der Waals surface area contributed by atoms with Gasteiger partial charge < -0.3 is 14.7 Å². The molecule has 2 N–H and O–H groups in total. The molecule has 0 bridgehead atoms. The maximum Gasteiger partial charge on any atom is 0.307 e. The molecule has 0 aliphatic carbocycles. The number of carbonyl (C=O) groups excluding carboxylic acids is 1. The first kappa shape index (κ1) is 12.8. The van der Waals surface area contributed by atoms with Crippen molar-refractivity contribution >= 4 is 27.4 Å². The van der Waals surface area contributed by atoms with E-state index >= 15 is 0 Å². The summed E-state index contributed by atoms with van der Waals surface area (Å²) in [4.78, 5) is 31.4. The zero-order valence-corrected chi connectivity index (χ0v) is 8.46. The van der Waals surface area contributed by atoms with Crippen LogP contribution < -0.4 is 0 Å². The largest absolute Gasteiger partial charge is 0.481 e. The molecule has 0 spiro atoms. The van der Waals surface area contributed by atoms with Gasteiger partial charge in [-0.05, 0) is 6.42 Å². The minimum atomic E-state index is -1.22. The van der Waals surface area contributed by atoms with E-state index in [1.54, 1.807) is 9.47 Å². The molecule has 0 amide bonds. The average molecular weight is 222 g/mol. The van der Waals surface area contributed by atoms with Crippen LogP contribution in [0.15, 0.2) is 0 Å². The fraction of sp³-hybridized carbons (Fsp3) is 0.571. The van der Waals surface area contributed by atoms with Crippen LogP contribution in [0.4, 0.5) is 0 Å². The first-order valence-corrected chi connectivity index (χ1v) is 4.28. The molecule has 0 aromatic carbocycles. The van der Waals surface area contributed by atoms with E-state index in [0.717, 1.165) is 0 Å². The van der Waals surface area contributed by atoms with E-state index in [1.165, 1.54) is 0 Å². The van der Waals surface area contributed by atoms with Gasteiger partial charge in [-0.1, -0.05) is 0 Å². The number of carboxylic acids is 2. The molecule has 0 saturated heterocycles. The Morgan fingerprint density at radius 2 is 1.86 bits per heavy atom. The van der Waals surface area contributed by atoms with Crippen molar-refractivity contribution in [1.29, 1.82) is 0 Å². The highest BCUT2D eigenvalue weighted by Gasteiger charge is 2.21. The van der Waals surface area contributed by atoms with E-state index in [0.29, 0.717) is 0 Å². The van der Waals surface area contributed by atoms with E-state index in [1.807, 2.05) is 0 Å². The monoisotopic (exact) mass is 222 g/mol. The third kappa shape index (κ3) is 5.48. The Morgan fingerprint density at radius 1 is 1.29 bits per heavy atom. The third-order valence-corrected chi connectivity index (χ3v) is 1.86. The molecule has 0 heterocycles. The van der Waals surface area contributed by atoms with Gasteiger partial charge in [-0.25, -0.2) is 0 Å². The van der Waals surface area contributed by atoms with Gasteiger partial charge >= 0.3 is 17.9 Å². The van der Waals surface area contributed by atoms with Crippen molar-refractivity contribution in [1.82, 2.24) is 0 Å². The van der Waals surface area contributed by atoms with Crippen LogP contribution in [0.2, 0.25) is 0 Å². The van der Waals surface area contributed by atoms with Crippen molar-refractivity contribution in [3.63, 3.8) is 0 Å². The topological polar surface area (TPSA) is 101 Å². The lowest BCUT2D eigenvalue weighted by Gasteiger charge is -2.07. The lowest BCUT2D eigenvalue weighted by atomic mass is 10.00. The molecule has 0 aromatic rings. The second kappa shape index (κ2) is 6.32. The molecule has 0 fully saturated rings. The Balaban J connectivity index is 4.04. The van der Waals surface area contributed by atoms with Crippen LogP contribution in [0.1, 0.15) is 19.3 Å². The number of carbonyl (C=O) groups is 3. The molecular weight excluding hydrogens is 211 g/mol. The maximum absolute atomic E-state index is 10.6. The summed E-state index contributed by atoms with van der Waals surface area (Å²) < 4.78 is 4.22. The molecule has 6 nitrogen and oxygen atoms in total. The number of carboxylic acid groups (broad SMARTS) is 2. The van der Waals surface area contributed by atoms with Gasteiger partial charge in [0.15, 0.2) is 0 Å². The second-order valence-electron chi connectivity index (χ2n) is 2.66. The maximum atomic E-state index is 10.6. The number of aliphatic carboxylic acids is 2. The lowest BCUT2D eigenvalue weighted by Crippen LogP contribution is -2.18.